The lowest BCUT2D eigenvalue weighted by atomic mass is 10.1. The number of methoxy groups -OCH3 is 1. The van der Waals surface area contributed by atoms with Crippen molar-refractivity contribution in [3.63, 3.8) is 0 Å². The molecule has 122 valence electrons. The third-order valence-corrected chi connectivity index (χ3v) is 2.90. The van der Waals surface area contributed by atoms with Gasteiger partial charge in [-0.15, -0.1) is 0 Å². The number of hydrogen-bond donors (Lipinski definition) is 3. The van der Waals surface area contributed by atoms with Crippen molar-refractivity contribution < 1.29 is 24.9 Å². The van der Waals surface area contributed by atoms with Crippen LogP contribution in [0, 0.1) is 0 Å². The number of phenolic OH excluding ortho intramolecular Hbond substituents is 1. The van der Waals surface area contributed by atoms with Crippen molar-refractivity contribution >= 4 is 12.0 Å². The maximum Gasteiger partial charge on any atom is 0.328 e. The van der Waals surface area contributed by atoms with E-state index in [4.69, 9.17) is 14.9 Å². The number of carbonyl (C=O) groups is 1. The van der Waals surface area contributed by atoms with Crippen LogP contribution in [-0.2, 0) is 4.79 Å². The van der Waals surface area contributed by atoms with E-state index < -0.39 is 5.97 Å². The predicted molar refractivity (Wildman–Crippen MR) is 88.4 cm³/mol. The highest BCUT2D eigenvalue weighted by atomic mass is 16.5. The fourth-order valence-electron chi connectivity index (χ4n) is 1.70. The standard InChI is InChI=1S/C10H10O4.C8H10O/c1-14-9-6-7(2-4-8(9)11)3-5-10(12)13;1-7(9)8-5-3-2-4-6-8/h2-6,11H,1H3,(H,12,13);2-7,9H,1H3. The van der Waals surface area contributed by atoms with Crippen molar-refractivity contribution in [1.29, 1.82) is 0 Å². The normalized spacial score (nSPS) is 11.4. The Labute approximate surface area is 135 Å². The average Bonchev–Trinajstić information content (AvgIpc) is 2.55. The van der Waals surface area contributed by atoms with Crippen LogP contribution in [0.15, 0.2) is 54.6 Å². The van der Waals surface area contributed by atoms with Crippen LogP contribution in [0.5, 0.6) is 11.5 Å². The Morgan fingerprint density at radius 3 is 2.30 bits per heavy atom. The zero-order valence-electron chi connectivity index (χ0n) is 13.0. The van der Waals surface area contributed by atoms with Crippen LogP contribution < -0.4 is 4.74 Å². The van der Waals surface area contributed by atoms with Gasteiger partial charge in [-0.2, -0.15) is 0 Å². The van der Waals surface area contributed by atoms with Crippen molar-refractivity contribution in [3.8, 4) is 11.5 Å². The maximum absolute atomic E-state index is 10.2. The molecule has 5 nitrogen and oxygen atoms in total. The summed E-state index contributed by atoms with van der Waals surface area (Å²) in [5, 5.41) is 26.7. The largest absolute Gasteiger partial charge is 0.504 e. The molecule has 0 bridgehead atoms. The summed E-state index contributed by atoms with van der Waals surface area (Å²) >= 11 is 0. The SMILES string of the molecule is CC(O)c1ccccc1.COc1cc(C=CC(=O)O)ccc1O. The highest BCUT2D eigenvalue weighted by Crippen LogP contribution is 2.26. The summed E-state index contributed by atoms with van der Waals surface area (Å²) in [7, 11) is 1.43. The van der Waals surface area contributed by atoms with E-state index in [1.54, 1.807) is 19.1 Å². The molecule has 2 aromatic rings. The fraction of sp³-hybridized carbons (Fsp3) is 0.167. The molecule has 1 unspecified atom stereocenters. The molecule has 0 aromatic heterocycles. The van der Waals surface area contributed by atoms with Crippen LogP contribution in [0.1, 0.15) is 24.2 Å². The van der Waals surface area contributed by atoms with Crippen LogP contribution in [0.2, 0.25) is 0 Å². The van der Waals surface area contributed by atoms with Gasteiger partial charge in [0.15, 0.2) is 11.5 Å². The van der Waals surface area contributed by atoms with Gasteiger partial charge in [0, 0.05) is 6.08 Å². The molecule has 2 aromatic carbocycles. The third kappa shape index (κ3) is 6.67. The Hall–Kier alpha value is -2.79. The highest BCUT2D eigenvalue weighted by molar-refractivity contribution is 5.85. The van der Waals surface area contributed by atoms with Gasteiger partial charge >= 0.3 is 5.97 Å². The molecule has 0 spiro atoms. The second kappa shape index (κ2) is 9.27. The quantitative estimate of drug-likeness (QED) is 0.754. The summed E-state index contributed by atoms with van der Waals surface area (Å²) in [4.78, 5) is 10.2. The lowest BCUT2D eigenvalue weighted by Gasteiger charge is -2.03. The molecule has 0 amide bonds. The number of phenols is 1. The van der Waals surface area contributed by atoms with Gasteiger partial charge in [-0.25, -0.2) is 4.79 Å². The van der Waals surface area contributed by atoms with Crippen molar-refractivity contribution in [2.75, 3.05) is 7.11 Å². The summed E-state index contributed by atoms with van der Waals surface area (Å²) in [6.45, 7) is 1.76. The number of aromatic hydroxyl groups is 1. The molecule has 0 fully saturated rings. The minimum absolute atomic E-state index is 0.0278. The summed E-state index contributed by atoms with van der Waals surface area (Å²) in [5.41, 5.74) is 1.62. The van der Waals surface area contributed by atoms with Gasteiger partial charge in [-0.1, -0.05) is 36.4 Å². The Balaban J connectivity index is 0.000000253. The number of aliphatic carboxylic acids is 1. The van der Waals surface area contributed by atoms with Gasteiger partial charge in [0.1, 0.15) is 0 Å². The maximum atomic E-state index is 10.2. The Kier molecular flexibility index (Phi) is 7.36. The number of benzene rings is 2. The average molecular weight is 316 g/mol. The molecular formula is C18H20O5. The van der Waals surface area contributed by atoms with Crippen molar-refractivity contribution in [2.45, 2.75) is 13.0 Å². The molecule has 0 aliphatic carbocycles. The van der Waals surface area contributed by atoms with E-state index >= 15 is 0 Å². The van der Waals surface area contributed by atoms with Gasteiger partial charge in [0.2, 0.25) is 0 Å². The van der Waals surface area contributed by atoms with Gasteiger partial charge < -0.3 is 20.1 Å². The second-order valence-electron chi connectivity index (χ2n) is 4.69. The Morgan fingerprint density at radius 2 is 1.83 bits per heavy atom. The molecule has 0 heterocycles. The van der Waals surface area contributed by atoms with Gasteiger partial charge in [-0.05, 0) is 36.3 Å². The van der Waals surface area contributed by atoms with E-state index in [0.29, 0.717) is 11.3 Å². The van der Waals surface area contributed by atoms with Crippen LogP contribution in [0.4, 0.5) is 0 Å². The Morgan fingerprint density at radius 1 is 1.17 bits per heavy atom. The second-order valence-corrected chi connectivity index (χ2v) is 4.69. The van der Waals surface area contributed by atoms with Crippen LogP contribution in [0.25, 0.3) is 6.08 Å². The molecule has 0 saturated heterocycles. The fourth-order valence-corrected chi connectivity index (χ4v) is 1.70. The topological polar surface area (TPSA) is 87.0 Å². The smallest absolute Gasteiger partial charge is 0.328 e. The molecular weight excluding hydrogens is 296 g/mol. The molecule has 0 aliphatic rings. The number of carboxylic acids is 1. The van der Waals surface area contributed by atoms with Crippen LogP contribution >= 0.6 is 0 Å². The zero-order chi connectivity index (χ0) is 17.2. The third-order valence-electron chi connectivity index (χ3n) is 2.90. The van der Waals surface area contributed by atoms with E-state index in [1.165, 1.54) is 19.3 Å². The predicted octanol–water partition coefficient (Wildman–Crippen LogP) is 3.24. The molecule has 2 rings (SSSR count). The number of aliphatic hydroxyl groups is 1. The summed E-state index contributed by atoms with van der Waals surface area (Å²) < 4.78 is 4.86. The first-order chi connectivity index (χ1) is 10.9. The summed E-state index contributed by atoms with van der Waals surface area (Å²) in [6, 6.07) is 14.2. The number of hydrogen-bond acceptors (Lipinski definition) is 4. The lowest BCUT2D eigenvalue weighted by molar-refractivity contribution is -0.131. The van der Waals surface area contributed by atoms with E-state index in [1.807, 2.05) is 30.3 Å². The molecule has 3 N–H and O–H groups in total. The lowest BCUT2D eigenvalue weighted by Crippen LogP contribution is -1.87. The molecule has 0 aliphatic heterocycles. The first-order valence-electron chi connectivity index (χ1n) is 6.95. The number of ether oxygens (including phenoxy) is 1. The van der Waals surface area contributed by atoms with E-state index in [-0.39, 0.29) is 11.9 Å². The number of carboxylic acid groups (broad SMARTS) is 1. The van der Waals surface area contributed by atoms with Gasteiger partial charge in [0.05, 0.1) is 13.2 Å². The van der Waals surface area contributed by atoms with E-state index in [0.717, 1.165) is 11.6 Å². The van der Waals surface area contributed by atoms with E-state index in [9.17, 15) is 9.90 Å². The summed E-state index contributed by atoms with van der Waals surface area (Å²) in [6.07, 6.45) is 2.10. The number of rotatable bonds is 4. The van der Waals surface area contributed by atoms with Gasteiger partial charge in [-0.3, -0.25) is 0 Å². The summed E-state index contributed by atoms with van der Waals surface area (Å²) in [5.74, 6) is -0.672. The minimum Gasteiger partial charge on any atom is -0.504 e. The minimum atomic E-state index is -1.02. The van der Waals surface area contributed by atoms with Gasteiger partial charge in [0.25, 0.3) is 0 Å². The van der Waals surface area contributed by atoms with Crippen molar-refractivity contribution in [1.82, 2.24) is 0 Å². The molecule has 1 atom stereocenters. The number of aliphatic hydroxyl groups excluding tert-OH is 1. The Bertz CT molecular complexity index is 648. The first kappa shape index (κ1) is 18.3. The molecule has 5 heteroatoms. The monoisotopic (exact) mass is 316 g/mol. The van der Waals surface area contributed by atoms with E-state index in [2.05, 4.69) is 0 Å². The highest BCUT2D eigenvalue weighted by Gasteiger charge is 2.00. The molecule has 23 heavy (non-hydrogen) atoms. The van der Waals surface area contributed by atoms with Crippen molar-refractivity contribution in [2.24, 2.45) is 0 Å². The first-order valence-corrected chi connectivity index (χ1v) is 6.95. The molecule has 0 saturated carbocycles. The van der Waals surface area contributed by atoms with Crippen LogP contribution in [-0.4, -0.2) is 28.4 Å². The molecule has 0 radical (unpaired) electrons. The van der Waals surface area contributed by atoms with Crippen molar-refractivity contribution in [3.05, 3.63) is 65.7 Å². The van der Waals surface area contributed by atoms with Crippen LogP contribution in [0.3, 0.4) is 0 Å². The zero-order valence-corrected chi connectivity index (χ0v) is 13.0.